The van der Waals surface area contributed by atoms with Crippen LogP contribution < -0.4 is 0 Å². The summed E-state index contributed by atoms with van der Waals surface area (Å²) in [5, 5.41) is 8.67. The molecule has 0 amide bonds. The van der Waals surface area contributed by atoms with Crippen LogP contribution in [0.25, 0.3) is 0 Å². The molecule has 1 N–H and O–H groups in total. The number of nitrogens with zero attached hydrogens (tertiary/aromatic N) is 1. The molecule has 0 aliphatic heterocycles. The zero-order valence-corrected chi connectivity index (χ0v) is 11.3. The van der Waals surface area contributed by atoms with Crippen LogP contribution in [0, 0.1) is 0 Å². The van der Waals surface area contributed by atoms with Gasteiger partial charge >= 0.3 is 5.97 Å². The molecule has 102 valence electrons. The van der Waals surface area contributed by atoms with Gasteiger partial charge in [-0.25, -0.2) is 0 Å². The lowest BCUT2D eigenvalue weighted by Gasteiger charge is -2.20. The maximum atomic E-state index is 10.5. The second-order valence-electron chi connectivity index (χ2n) is 4.39. The molecular weight excluding hydrogens is 218 g/mol. The maximum Gasteiger partial charge on any atom is 0.304 e. The van der Waals surface area contributed by atoms with Gasteiger partial charge in [-0.05, 0) is 13.0 Å². The van der Waals surface area contributed by atoms with Crippen molar-refractivity contribution in [3.63, 3.8) is 0 Å². The van der Waals surface area contributed by atoms with E-state index in [2.05, 4.69) is 11.8 Å². The largest absolute Gasteiger partial charge is 0.481 e. The molecule has 4 nitrogen and oxygen atoms in total. The summed E-state index contributed by atoms with van der Waals surface area (Å²) in [6, 6.07) is 0. The summed E-state index contributed by atoms with van der Waals surface area (Å²) in [7, 11) is 1.68. The molecule has 0 unspecified atom stereocenters. The SMILES string of the molecule is CCCCCCCN(CCOC)CCC(=O)O. The molecular formula is C13H27NO3. The number of methoxy groups -OCH3 is 1. The third-order valence-electron chi connectivity index (χ3n) is 2.83. The fourth-order valence-electron chi connectivity index (χ4n) is 1.75. The van der Waals surface area contributed by atoms with Gasteiger partial charge in [0.15, 0.2) is 0 Å². The molecule has 0 saturated carbocycles. The Labute approximate surface area is 105 Å². The molecule has 4 heteroatoms. The Bertz CT molecular complexity index is 186. The summed E-state index contributed by atoms with van der Waals surface area (Å²) in [6.07, 6.45) is 6.46. The predicted octanol–water partition coefficient (Wildman–Crippen LogP) is 2.38. The fraction of sp³-hybridized carbons (Fsp3) is 0.923. The van der Waals surface area contributed by atoms with E-state index in [1.165, 1.54) is 25.7 Å². The molecule has 0 fully saturated rings. The van der Waals surface area contributed by atoms with Crippen LogP contribution in [-0.4, -0.2) is 49.3 Å². The standard InChI is InChI=1S/C13H27NO3/c1-3-4-5-6-7-9-14(11-12-17-2)10-8-13(15)16/h3-12H2,1-2H3,(H,15,16). The molecule has 0 heterocycles. The molecule has 0 aromatic carbocycles. The summed E-state index contributed by atoms with van der Waals surface area (Å²) in [5.74, 6) is -0.724. The summed E-state index contributed by atoms with van der Waals surface area (Å²) < 4.78 is 5.03. The van der Waals surface area contributed by atoms with Gasteiger partial charge in [-0.15, -0.1) is 0 Å². The second kappa shape index (κ2) is 11.9. The minimum Gasteiger partial charge on any atom is -0.481 e. The monoisotopic (exact) mass is 245 g/mol. The van der Waals surface area contributed by atoms with Crippen molar-refractivity contribution < 1.29 is 14.6 Å². The first kappa shape index (κ1) is 16.4. The zero-order chi connectivity index (χ0) is 12.9. The van der Waals surface area contributed by atoms with Crippen LogP contribution >= 0.6 is 0 Å². The number of carbonyl (C=O) groups is 1. The van der Waals surface area contributed by atoms with E-state index in [4.69, 9.17) is 9.84 Å². The Hall–Kier alpha value is -0.610. The van der Waals surface area contributed by atoms with Crippen LogP contribution in [-0.2, 0) is 9.53 Å². The van der Waals surface area contributed by atoms with Crippen molar-refractivity contribution in [1.29, 1.82) is 0 Å². The van der Waals surface area contributed by atoms with E-state index in [1.54, 1.807) is 7.11 Å². The Morgan fingerprint density at radius 2 is 1.82 bits per heavy atom. The average molecular weight is 245 g/mol. The number of ether oxygens (including phenoxy) is 1. The van der Waals surface area contributed by atoms with E-state index < -0.39 is 5.97 Å². The topological polar surface area (TPSA) is 49.8 Å². The summed E-state index contributed by atoms with van der Waals surface area (Å²) in [5.41, 5.74) is 0. The van der Waals surface area contributed by atoms with Crippen molar-refractivity contribution in [1.82, 2.24) is 4.90 Å². The van der Waals surface area contributed by atoms with E-state index >= 15 is 0 Å². The van der Waals surface area contributed by atoms with Gasteiger partial charge in [0, 0.05) is 20.2 Å². The molecule has 0 atom stereocenters. The van der Waals surface area contributed by atoms with Gasteiger partial charge in [-0.2, -0.15) is 0 Å². The lowest BCUT2D eigenvalue weighted by atomic mass is 10.1. The molecule has 0 aliphatic rings. The normalized spacial score (nSPS) is 11.0. The molecule has 0 aliphatic carbocycles. The highest BCUT2D eigenvalue weighted by Crippen LogP contribution is 2.04. The summed E-state index contributed by atoms with van der Waals surface area (Å²) >= 11 is 0. The van der Waals surface area contributed by atoms with E-state index in [1.807, 2.05) is 0 Å². The molecule has 0 bridgehead atoms. The van der Waals surface area contributed by atoms with Crippen LogP contribution in [0.4, 0.5) is 0 Å². The fourth-order valence-corrected chi connectivity index (χ4v) is 1.75. The molecule has 0 radical (unpaired) electrons. The third kappa shape index (κ3) is 11.6. The van der Waals surface area contributed by atoms with E-state index in [0.717, 1.165) is 19.5 Å². The van der Waals surface area contributed by atoms with Gasteiger partial charge in [0.25, 0.3) is 0 Å². The molecule has 17 heavy (non-hydrogen) atoms. The lowest BCUT2D eigenvalue weighted by molar-refractivity contribution is -0.137. The first-order valence-corrected chi connectivity index (χ1v) is 6.63. The van der Waals surface area contributed by atoms with E-state index in [-0.39, 0.29) is 6.42 Å². The van der Waals surface area contributed by atoms with Gasteiger partial charge in [0.2, 0.25) is 0 Å². The Morgan fingerprint density at radius 3 is 2.41 bits per heavy atom. The van der Waals surface area contributed by atoms with Crippen LogP contribution in [0.3, 0.4) is 0 Å². The number of rotatable bonds is 12. The highest BCUT2D eigenvalue weighted by Gasteiger charge is 2.06. The van der Waals surface area contributed by atoms with Gasteiger partial charge < -0.3 is 14.7 Å². The van der Waals surface area contributed by atoms with Gasteiger partial charge in [0.1, 0.15) is 0 Å². The molecule has 0 aromatic heterocycles. The Balaban J connectivity index is 3.64. The number of aliphatic carboxylic acids is 1. The number of carboxylic acid groups (broad SMARTS) is 1. The number of carboxylic acids is 1. The lowest BCUT2D eigenvalue weighted by Crippen LogP contribution is -2.30. The summed E-state index contributed by atoms with van der Waals surface area (Å²) in [4.78, 5) is 12.7. The highest BCUT2D eigenvalue weighted by atomic mass is 16.5. The molecule has 0 spiro atoms. The number of hydrogen-bond donors (Lipinski definition) is 1. The molecule has 0 saturated heterocycles. The maximum absolute atomic E-state index is 10.5. The van der Waals surface area contributed by atoms with Crippen LogP contribution in [0.15, 0.2) is 0 Å². The number of unbranched alkanes of at least 4 members (excludes halogenated alkanes) is 4. The molecule has 0 aromatic rings. The first-order chi connectivity index (χ1) is 8.20. The third-order valence-corrected chi connectivity index (χ3v) is 2.83. The average Bonchev–Trinajstić information content (AvgIpc) is 2.31. The van der Waals surface area contributed by atoms with Gasteiger partial charge in [0.05, 0.1) is 13.0 Å². The Morgan fingerprint density at radius 1 is 1.12 bits per heavy atom. The predicted molar refractivity (Wildman–Crippen MR) is 69.3 cm³/mol. The molecule has 0 rings (SSSR count). The van der Waals surface area contributed by atoms with Crippen molar-refractivity contribution >= 4 is 5.97 Å². The van der Waals surface area contributed by atoms with Crippen LogP contribution in [0.1, 0.15) is 45.4 Å². The minimum atomic E-state index is -0.724. The first-order valence-electron chi connectivity index (χ1n) is 6.63. The van der Waals surface area contributed by atoms with Crippen molar-refractivity contribution in [2.24, 2.45) is 0 Å². The smallest absolute Gasteiger partial charge is 0.304 e. The van der Waals surface area contributed by atoms with Crippen molar-refractivity contribution in [3.05, 3.63) is 0 Å². The Kier molecular flexibility index (Phi) is 11.4. The van der Waals surface area contributed by atoms with E-state index in [9.17, 15) is 4.79 Å². The van der Waals surface area contributed by atoms with Crippen LogP contribution in [0.5, 0.6) is 0 Å². The highest BCUT2D eigenvalue weighted by molar-refractivity contribution is 5.66. The van der Waals surface area contributed by atoms with Gasteiger partial charge in [-0.3, -0.25) is 4.79 Å². The summed E-state index contributed by atoms with van der Waals surface area (Å²) in [6.45, 7) is 5.33. The van der Waals surface area contributed by atoms with Crippen molar-refractivity contribution in [3.8, 4) is 0 Å². The van der Waals surface area contributed by atoms with Crippen molar-refractivity contribution in [2.45, 2.75) is 45.4 Å². The second-order valence-corrected chi connectivity index (χ2v) is 4.39. The zero-order valence-electron chi connectivity index (χ0n) is 11.3. The quantitative estimate of drug-likeness (QED) is 0.536. The van der Waals surface area contributed by atoms with E-state index in [0.29, 0.717) is 13.2 Å². The van der Waals surface area contributed by atoms with Gasteiger partial charge in [-0.1, -0.05) is 32.6 Å². The van der Waals surface area contributed by atoms with Crippen LogP contribution in [0.2, 0.25) is 0 Å². The van der Waals surface area contributed by atoms with Crippen molar-refractivity contribution in [2.75, 3.05) is 33.4 Å². The minimum absolute atomic E-state index is 0.221. The number of hydrogen-bond acceptors (Lipinski definition) is 3.